The number of carbonyl (C=O) groups excluding carboxylic acids is 2. The molecule has 1 saturated heterocycles. The van der Waals surface area contributed by atoms with Crippen LogP contribution in [-0.2, 0) is 4.79 Å². The minimum absolute atomic E-state index is 0.162. The Morgan fingerprint density at radius 3 is 2.67 bits per heavy atom. The second-order valence-electron chi connectivity index (χ2n) is 4.10. The molecule has 0 saturated carbocycles. The van der Waals surface area contributed by atoms with Crippen molar-refractivity contribution in [2.45, 2.75) is 19.3 Å². The van der Waals surface area contributed by atoms with Crippen LogP contribution in [0.25, 0.3) is 0 Å². The molecule has 15 heavy (non-hydrogen) atoms. The summed E-state index contributed by atoms with van der Waals surface area (Å²) in [5, 5.41) is 2.32. The minimum atomic E-state index is -0.240. The van der Waals surface area contributed by atoms with Gasteiger partial charge in [-0.1, -0.05) is 0 Å². The molecule has 1 heterocycles. The highest BCUT2D eigenvalue weighted by atomic mass is 16.2. The Morgan fingerprint density at radius 1 is 1.33 bits per heavy atom. The number of rotatable bonds is 5. The van der Waals surface area contributed by atoms with Gasteiger partial charge in [0.05, 0.1) is 0 Å². The Labute approximate surface area is 90.4 Å². The number of unbranched alkanes of at least 4 members (excludes halogenated alkanes) is 1. The number of nitrogens with one attached hydrogen (secondary N) is 1. The molecule has 1 rings (SSSR count). The molecule has 0 aromatic carbocycles. The Kier molecular flexibility index (Phi) is 4.55. The fraction of sp³-hybridized carbons (Fsp3) is 0.800. The monoisotopic (exact) mass is 213 g/mol. The van der Waals surface area contributed by atoms with Crippen molar-refractivity contribution in [3.8, 4) is 0 Å². The van der Waals surface area contributed by atoms with E-state index in [2.05, 4.69) is 10.2 Å². The van der Waals surface area contributed by atoms with Crippen LogP contribution in [0.15, 0.2) is 0 Å². The summed E-state index contributed by atoms with van der Waals surface area (Å²) >= 11 is 0. The first-order valence-corrected chi connectivity index (χ1v) is 5.33. The van der Waals surface area contributed by atoms with Crippen LogP contribution >= 0.6 is 0 Å². The topological polar surface area (TPSA) is 52.6 Å². The molecule has 0 atom stereocenters. The molecule has 0 bridgehead atoms. The van der Waals surface area contributed by atoms with Crippen molar-refractivity contribution in [3.05, 3.63) is 0 Å². The molecule has 0 unspecified atom stereocenters. The molecule has 3 amide bonds. The molecule has 1 fully saturated rings. The number of hydrogen-bond acceptors (Lipinski definition) is 3. The van der Waals surface area contributed by atoms with Gasteiger partial charge in [-0.2, -0.15) is 0 Å². The van der Waals surface area contributed by atoms with Gasteiger partial charge in [0.25, 0.3) is 0 Å². The lowest BCUT2D eigenvalue weighted by Gasteiger charge is -2.26. The van der Waals surface area contributed by atoms with Crippen LogP contribution < -0.4 is 5.32 Å². The molecule has 0 aromatic rings. The number of nitrogens with zero attached hydrogens (tertiary/aromatic N) is 2. The quantitative estimate of drug-likeness (QED) is 0.667. The molecule has 0 aliphatic carbocycles. The second-order valence-corrected chi connectivity index (χ2v) is 4.10. The van der Waals surface area contributed by atoms with Crippen LogP contribution in [0.2, 0.25) is 0 Å². The average molecular weight is 213 g/mol. The van der Waals surface area contributed by atoms with Crippen LogP contribution in [0.3, 0.4) is 0 Å². The molecular formula is C10H19N3O2. The zero-order valence-corrected chi connectivity index (χ0v) is 9.45. The van der Waals surface area contributed by atoms with E-state index in [1.807, 2.05) is 14.1 Å². The van der Waals surface area contributed by atoms with E-state index in [4.69, 9.17) is 0 Å². The first kappa shape index (κ1) is 12.0. The van der Waals surface area contributed by atoms with Gasteiger partial charge in [-0.3, -0.25) is 10.1 Å². The summed E-state index contributed by atoms with van der Waals surface area (Å²) in [7, 11) is 4.07. The lowest BCUT2D eigenvalue weighted by Crippen LogP contribution is -2.49. The van der Waals surface area contributed by atoms with E-state index in [1.165, 1.54) is 0 Å². The van der Waals surface area contributed by atoms with E-state index < -0.39 is 0 Å². The predicted molar refractivity (Wildman–Crippen MR) is 57.5 cm³/mol. The Morgan fingerprint density at radius 2 is 2.07 bits per heavy atom. The highest BCUT2D eigenvalue weighted by Gasteiger charge is 2.21. The first-order valence-electron chi connectivity index (χ1n) is 5.33. The summed E-state index contributed by atoms with van der Waals surface area (Å²) in [6, 6.07) is -0.240. The molecule has 0 spiro atoms. The summed E-state index contributed by atoms with van der Waals surface area (Å²) in [5.74, 6) is -0.162. The summed E-state index contributed by atoms with van der Waals surface area (Å²) in [5.41, 5.74) is 0. The van der Waals surface area contributed by atoms with Gasteiger partial charge in [0.2, 0.25) is 5.91 Å². The minimum Gasteiger partial charge on any atom is -0.324 e. The van der Waals surface area contributed by atoms with Crippen LogP contribution in [0.4, 0.5) is 4.79 Å². The van der Waals surface area contributed by atoms with Gasteiger partial charge < -0.3 is 9.80 Å². The zero-order valence-electron chi connectivity index (χ0n) is 9.45. The predicted octanol–water partition coefficient (Wildman–Crippen LogP) is 0.270. The normalized spacial score (nSPS) is 17.1. The summed E-state index contributed by atoms with van der Waals surface area (Å²) in [6.07, 6.45) is 2.49. The van der Waals surface area contributed by atoms with Gasteiger partial charge in [0, 0.05) is 19.5 Å². The Bertz CT molecular complexity index is 241. The van der Waals surface area contributed by atoms with Gasteiger partial charge in [-0.25, -0.2) is 4.79 Å². The van der Waals surface area contributed by atoms with E-state index in [-0.39, 0.29) is 11.9 Å². The zero-order chi connectivity index (χ0) is 11.3. The summed E-state index contributed by atoms with van der Waals surface area (Å²) < 4.78 is 0. The molecule has 1 aliphatic heterocycles. The third-order valence-corrected chi connectivity index (χ3v) is 2.43. The number of imide groups is 1. The van der Waals surface area contributed by atoms with Crippen molar-refractivity contribution in [1.82, 2.24) is 15.1 Å². The molecule has 0 radical (unpaired) electrons. The van der Waals surface area contributed by atoms with Crippen LogP contribution in [0.1, 0.15) is 19.3 Å². The second kappa shape index (κ2) is 5.70. The van der Waals surface area contributed by atoms with Gasteiger partial charge in [0.1, 0.15) is 0 Å². The van der Waals surface area contributed by atoms with E-state index >= 15 is 0 Å². The van der Waals surface area contributed by atoms with E-state index in [1.54, 1.807) is 4.90 Å². The lowest BCUT2D eigenvalue weighted by molar-refractivity contribution is -0.121. The van der Waals surface area contributed by atoms with Crippen molar-refractivity contribution in [2.75, 3.05) is 33.7 Å². The SMILES string of the molecule is CN(C)CCCCN1CCC(=O)NC1=O. The number of hydrogen-bond donors (Lipinski definition) is 1. The Hall–Kier alpha value is -1.10. The highest BCUT2D eigenvalue weighted by molar-refractivity contribution is 5.96. The largest absolute Gasteiger partial charge is 0.324 e. The Balaban J connectivity index is 2.16. The summed E-state index contributed by atoms with van der Waals surface area (Å²) in [4.78, 5) is 26.0. The van der Waals surface area contributed by atoms with Crippen LogP contribution in [-0.4, -0.2) is 55.5 Å². The average Bonchev–Trinajstić information content (AvgIpc) is 2.14. The number of urea groups is 1. The van der Waals surface area contributed by atoms with Gasteiger partial charge in [-0.05, 0) is 33.5 Å². The van der Waals surface area contributed by atoms with Crippen molar-refractivity contribution in [1.29, 1.82) is 0 Å². The van der Waals surface area contributed by atoms with Gasteiger partial charge in [-0.15, -0.1) is 0 Å². The first-order chi connectivity index (χ1) is 7.09. The van der Waals surface area contributed by atoms with Crippen LogP contribution in [0.5, 0.6) is 0 Å². The van der Waals surface area contributed by atoms with Crippen molar-refractivity contribution in [2.24, 2.45) is 0 Å². The molecular weight excluding hydrogens is 194 g/mol. The van der Waals surface area contributed by atoms with Gasteiger partial charge in [0.15, 0.2) is 0 Å². The molecule has 86 valence electrons. The van der Waals surface area contributed by atoms with Crippen molar-refractivity contribution in [3.63, 3.8) is 0 Å². The molecule has 0 aromatic heterocycles. The van der Waals surface area contributed by atoms with Crippen molar-refractivity contribution < 1.29 is 9.59 Å². The third-order valence-electron chi connectivity index (χ3n) is 2.43. The highest BCUT2D eigenvalue weighted by Crippen LogP contribution is 2.03. The van der Waals surface area contributed by atoms with E-state index in [9.17, 15) is 9.59 Å². The maximum Gasteiger partial charge on any atom is 0.324 e. The maximum atomic E-state index is 11.3. The van der Waals surface area contributed by atoms with E-state index in [0.29, 0.717) is 13.0 Å². The summed E-state index contributed by atoms with van der Waals surface area (Å²) in [6.45, 7) is 2.34. The molecule has 5 heteroatoms. The molecule has 1 N–H and O–H groups in total. The van der Waals surface area contributed by atoms with E-state index in [0.717, 1.165) is 25.9 Å². The maximum absolute atomic E-state index is 11.3. The van der Waals surface area contributed by atoms with Crippen LogP contribution in [0, 0.1) is 0 Å². The smallest absolute Gasteiger partial charge is 0.324 e. The molecule has 1 aliphatic rings. The molecule has 5 nitrogen and oxygen atoms in total. The number of carbonyl (C=O) groups is 2. The van der Waals surface area contributed by atoms with Crippen molar-refractivity contribution >= 4 is 11.9 Å². The van der Waals surface area contributed by atoms with Gasteiger partial charge >= 0.3 is 6.03 Å². The fourth-order valence-electron chi connectivity index (χ4n) is 1.54. The fourth-order valence-corrected chi connectivity index (χ4v) is 1.54. The lowest BCUT2D eigenvalue weighted by atomic mass is 10.2. The third kappa shape index (κ3) is 4.29. The standard InChI is InChI=1S/C10H19N3O2/c1-12(2)6-3-4-7-13-8-5-9(14)11-10(13)15/h3-8H2,1-2H3,(H,11,14,15). The number of amides is 3.